The largest absolute Gasteiger partial charge is 0.490 e. The number of ether oxygens (including phenoxy) is 1. The Morgan fingerprint density at radius 3 is 2.44 bits per heavy atom. The van der Waals surface area contributed by atoms with Crippen LogP contribution in [-0.4, -0.2) is 52.7 Å². The number of amides is 1. The quantitative estimate of drug-likeness (QED) is 0.197. The zero-order valence-corrected chi connectivity index (χ0v) is 24.2. The van der Waals surface area contributed by atoms with Crippen LogP contribution >= 0.6 is 0 Å². The molecule has 5 rings (SSSR count). The van der Waals surface area contributed by atoms with Gasteiger partial charge in [0.15, 0.2) is 11.6 Å². The first kappa shape index (κ1) is 29.2. The lowest BCUT2D eigenvalue weighted by Crippen LogP contribution is -2.29. The lowest BCUT2D eigenvalue weighted by molar-refractivity contribution is -0.118. The van der Waals surface area contributed by atoms with E-state index in [2.05, 4.69) is 37.5 Å². The average Bonchev–Trinajstić information content (AvgIpc) is 3.56. The maximum atomic E-state index is 13.9. The molecule has 0 radical (unpaired) electrons. The van der Waals surface area contributed by atoms with E-state index in [-0.39, 0.29) is 23.8 Å². The number of aromatic amines is 1. The molecule has 0 spiro atoms. The SMILES string of the molecule is CCCCc1nc(C)n(-c2ncc(OCCCC(N)=O)cn2)c(=O)c1Cc1ccc(-c2ccccc2-c2nnn[nH]2)cc1. The number of nitrogens with zero attached hydrogens (tertiary/aromatic N) is 7. The number of unbranched alkanes of at least 4 members (excludes halogenated alkanes) is 1. The molecular weight excluding hydrogens is 546 g/mol. The van der Waals surface area contributed by atoms with Crippen LogP contribution in [0.5, 0.6) is 5.75 Å². The molecule has 43 heavy (non-hydrogen) atoms. The van der Waals surface area contributed by atoms with E-state index >= 15 is 0 Å². The number of tetrazole rings is 1. The van der Waals surface area contributed by atoms with Gasteiger partial charge in [-0.25, -0.2) is 24.6 Å². The predicted octanol–water partition coefficient (Wildman–Crippen LogP) is 3.76. The minimum absolute atomic E-state index is 0.194. The molecule has 220 valence electrons. The number of primary amides is 1. The van der Waals surface area contributed by atoms with E-state index in [4.69, 9.17) is 15.5 Å². The molecule has 12 nitrogen and oxygen atoms in total. The number of rotatable bonds is 13. The zero-order chi connectivity index (χ0) is 30.2. The highest BCUT2D eigenvalue weighted by Crippen LogP contribution is 2.30. The summed E-state index contributed by atoms with van der Waals surface area (Å²) in [6.45, 7) is 4.21. The fourth-order valence-corrected chi connectivity index (χ4v) is 4.84. The molecule has 3 N–H and O–H groups in total. The van der Waals surface area contributed by atoms with Gasteiger partial charge in [0.2, 0.25) is 11.9 Å². The first-order valence-electron chi connectivity index (χ1n) is 14.2. The van der Waals surface area contributed by atoms with Crippen molar-refractivity contribution in [3.63, 3.8) is 0 Å². The van der Waals surface area contributed by atoms with Crippen LogP contribution in [0.2, 0.25) is 0 Å². The van der Waals surface area contributed by atoms with Gasteiger partial charge in [-0.1, -0.05) is 61.9 Å². The number of aryl methyl sites for hydroxylation is 2. The van der Waals surface area contributed by atoms with Crippen LogP contribution in [0.25, 0.3) is 28.5 Å². The van der Waals surface area contributed by atoms with Crippen molar-refractivity contribution in [3.8, 4) is 34.2 Å². The molecule has 0 unspecified atom stereocenters. The molecular formula is C31H33N9O3. The van der Waals surface area contributed by atoms with Gasteiger partial charge < -0.3 is 10.5 Å². The summed E-state index contributed by atoms with van der Waals surface area (Å²) >= 11 is 0. The molecule has 5 aromatic rings. The maximum absolute atomic E-state index is 13.9. The standard InChI is InChI=1S/C31H33N9O3/c1-3-4-10-27-26(17-21-12-14-22(15-13-21)24-8-5-6-9-25(24)29-36-38-39-37-29)30(42)40(20(2)35-27)31-33-18-23(19-34-31)43-16-7-11-28(32)41/h5-6,8-9,12-15,18-19H,3-4,7,10-11,16-17H2,1-2H3,(H2,32,41)(H,36,37,38,39). The number of benzene rings is 2. The highest BCUT2D eigenvalue weighted by atomic mass is 16.5. The summed E-state index contributed by atoms with van der Waals surface area (Å²) < 4.78 is 7.04. The monoisotopic (exact) mass is 579 g/mol. The molecule has 3 aromatic heterocycles. The van der Waals surface area contributed by atoms with Crippen molar-refractivity contribution in [3.05, 3.63) is 93.9 Å². The van der Waals surface area contributed by atoms with Gasteiger partial charge in [0.25, 0.3) is 5.56 Å². The summed E-state index contributed by atoms with van der Waals surface area (Å²) in [6, 6.07) is 16.0. The highest BCUT2D eigenvalue weighted by Gasteiger charge is 2.18. The summed E-state index contributed by atoms with van der Waals surface area (Å²) in [7, 11) is 0. The molecule has 0 saturated heterocycles. The first-order chi connectivity index (χ1) is 20.9. The topological polar surface area (TPSA) is 167 Å². The van der Waals surface area contributed by atoms with Gasteiger partial charge in [-0.3, -0.25) is 9.59 Å². The number of hydrogen-bond donors (Lipinski definition) is 2. The fourth-order valence-electron chi connectivity index (χ4n) is 4.84. The number of carbonyl (C=O) groups is 1. The summed E-state index contributed by atoms with van der Waals surface area (Å²) in [6.07, 6.45) is 6.79. The Hall–Kier alpha value is -5.26. The second-order valence-corrected chi connectivity index (χ2v) is 10.1. The Balaban J connectivity index is 1.42. The van der Waals surface area contributed by atoms with Gasteiger partial charge >= 0.3 is 0 Å². The molecule has 0 fully saturated rings. The number of carbonyl (C=O) groups excluding carboxylic acids is 1. The summed E-state index contributed by atoms with van der Waals surface area (Å²) in [5, 5.41) is 14.3. The lowest BCUT2D eigenvalue weighted by atomic mass is 9.96. The van der Waals surface area contributed by atoms with E-state index in [0.717, 1.165) is 40.8 Å². The predicted molar refractivity (Wildman–Crippen MR) is 161 cm³/mol. The van der Waals surface area contributed by atoms with Crippen LogP contribution in [0.4, 0.5) is 0 Å². The van der Waals surface area contributed by atoms with Crippen LogP contribution in [-0.2, 0) is 17.6 Å². The summed E-state index contributed by atoms with van der Waals surface area (Å²) in [5.74, 6) is 1.39. The van der Waals surface area contributed by atoms with Gasteiger partial charge in [0, 0.05) is 24.0 Å². The Bertz CT molecular complexity index is 1730. The van der Waals surface area contributed by atoms with Crippen molar-refractivity contribution in [2.45, 2.75) is 52.4 Å². The van der Waals surface area contributed by atoms with E-state index in [0.29, 0.717) is 48.8 Å². The molecule has 3 heterocycles. The minimum Gasteiger partial charge on any atom is -0.490 e. The van der Waals surface area contributed by atoms with Crippen LogP contribution in [0.3, 0.4) is 0 Å². The van der Waals surface area contributed by atoms with Crippen molar-refractivity contribution < 1.29 is 9.53 Å². The Kier molecular flexibility index (Phi) is 9.25. The second-order valence-electron chi connectivity index (χ2n) is 10.1. The highest BCUT2D eigenvalue weighted by molar-refractivity contribution is 5.80. The van der Waals surface area contributed by atoms with Gasteiger partial charge in [0.1, 0.15) is 5.82 Å². The van der Waals surface area contributed by atoms with Gasteiger partial charge in [0.05, 0.1) is 24.7 Å². The van der Waals surface area contributed by atoms with Crippen LogP contribution in [0, 0.1) is 6.92 Å². The second kappa shape index (κ2) is 13.6. The van der Waals surface area contributed by atoms with E-state index in [9.17, 15) is 9.59 Å². The van der Waals surface area contributed by atoms with E-state index in [1.807, 2.05) is 48.5 Å². The van der Waals surface area contributed by atoms with Crippen molar-refractivity contribution >= 4 is 5.91 Å². The lowest BCUT2D eigenvalue weighted by Gasteiger charge is -2.15. The minimum atomic E-state index is -0.377. The number of nitrogens with two attached hydrogens (primary N) is 1. The molecule has 0 saturated carbocycles. The number of H-pyrrole nitrogens is 1. The molecule has 0 bridgehead atoms. The van der Waals surface area contributed by atoms with E-state index < -0.39 is 0 Å². The fraction of sp³-hybridized carbons (Fsp3) is 0.290. The normalized spacial score (nSPS) is 11.0. The van der Waals surface area contributed by atoms with Gasteiger partial charge in [-0.15, -0.1) is 5.10 Å². The average molecular weight is 580 g/mol. The van der Waals surface area contributed by atoms with Gasteiger partial charge in [-0.05, 0) is 53.3 Å². The third-order valence-corrected chi connectivity index (χ3v) is 7.02. The number of hydrogen-bond acceptors (Lipinski definition) is 9. The van der Waals surface area contributed by atoms with E-state index in [1.165, 1.54) is 17.0 Å². The van der Waals surface area contributed by atoms with Gasteiger partial charge in [-0.2, -0.15) is 0 Å². The molecule has 2 aromatic carbocycles. The molecule has 0 aliphatic rings. The smallest absolute Gasteiger partial charge is 0.264 e. The molecule has 0 atom stereocenters. The van der Waals surface area contributed by atoms with Crippen molar-refractivity contribution in [1.82, 2.24) is 40.1 Å². The third kappa shape index (κ3) is 6.97. The van der Waals surface area contributed by atoms with Crippen molar-refractivity contribution in [2.75, 3.05) is 6.61 Å². The molecule has 1 amide bonds. The molecule has 0 aliphatic heterocycles. The molecule has 0 aliphatic carbocycles. The molecule has 12 heteroatoms. The zero-order valence-electron chi connectivity index (χ0n) is 24.2. The van der Waals surface area contributed by atoms with Crippen LogP contribution in [0.15, 0.2) is 65.7 Å². The Labute approximate surface area is 248 Å². The summed E-state index contributed by atoms with van der Waals surface area (Å²) in [4.78, 5) is 38.5. The number of nitrogens with one attached hydrogen (secondary N) is 1. The third-order valence-electron chi connectivity index (χ3n) is 7.02. The van der Waals surface area contributed by atoms with E-state index in [1.54, 1.807) is 6.92 Å². The summed E-state index contributed by atoms with van der Waals surface area (Å²) in [5.41, 5.74) is 10.3. The van der Waals surface area contributed by atoms with Crippen LogP contribution in [0.1, 0.15) is 55.3 Å². The first-order valence-corrected chi connectivity index (χ1v) is 14.2. The van der Waals surface area contributed by atoms with Crippen molar-refractivity contribution in [2.24, 2.45) is 5.73 Å². The Morgan fingerprint density at radius 1 is 1.02 bits per heavy atom. The van der Waals surface area contributed by atoms with Crippen molar-refractivity contribution in [1.29, 1.82) is 0 Å². The Morgan fingerprint density at radius 2 is 1.77 bits per heavy atom. The van der Waals surface area contributed by atoms with Crippen LogP contribution < -0.4 is 16.0 Å². The maximum Gasteiger partial charge on any atom is 0.264 e. The number of aromatic nitrogens is 8.